The predicted molar refractivity (Wildman–Crippen MR) is 112 cm³/mol. The standard InChI is InChI=1S/C23H29N5/c1-16(2)28-15-25-23-21(28)12-20(26-22(23)19-4-3-9-24-13-19)18-7-10-27(11-8-18)14-17-5-6-17/h3-4,9,12-13,15-18H,5-8,10-11,14H2,1-2H3. The molecule has 0 bridgehead atoms. The van der Waals surface area contributed by atoms with Crippen molar-refractivity contribution in [2.45, 2.75) is 51.5 Å². The summed E-state index contributed by atoms with van der Waals surface area (Å²) in [7, 11) is 0. The van der Waals surface area contributed by atoms with Crippen LogP contribution >= 0.6 is 0 Å². The van der Waals surface area contributed by atoms with Crippen LogP contribution in [-0.2, 0) is 0 Å². The molecular formula is C23H29N5. The van der Waals surface area contributed by atoms with E-state index in [1.54, 1.807) is 0 Å². The van der Waals surface area contributed by atoms with Crippen LogP contribution in [0.3, 0.4) is 0 Å². The first-order valence-electron chi connectivity index (χ1n) is 10.7. The highest BCUT2D eigenvalue weighted by Crippen LogP contribution is 2.35. The maximum absolute atomic E-state index is 5.13. The van der Waals surface area contributed by atoms with Crippen LogP contribution in [0.25, 0.3) is 22.3 Å². The third-order valence-electron chi connectivity index (χ3n) is 6.29. The van der Waals surface area contributed by atoms with E-state index in [2.05, 4.69) is 40.4 Å². The maximum Gasteiger partial charge on any atom is 0.115 e. The Balaban J connectivity index is 1.51. The summed E-state index contributed by atoms with van der Waals surface area (Å²) >= 11 is 0. The summed E-state index contributed by atoms with van der Waals surface area (Å²) in [5.74, 6) is 1.51. The van der Waals surface area contributed by atoms with Gasteiger partial charge in [-0.05, 0) is 76.7 Å². The van der Waals surface area contributed by atoms with E-state index in [4.69, 9.17) is 9.97 Å². The molecule has 2 aliphatic rings. The molecule has 0 spiro atoms. The third kappa shape index (κ3) is 3.44. The first kappa shape index (κ1) is 17.8. The van der Waals surface area contributed by atoms with Gasteiger partial charge in [-0.3, -0.25) is 9.97 Å². The lowest BCUT2D eigenvalue weighted by atomic mass is 9.92. The Morgan fingerprint density at radius 1 is 1.14 bits per heavy atom. The molecule has 28 heavy (non-hydrogen) atoms. The van der Waals surface area contributed by atoms with E-state index in [0.29, 0.717) is 12.0 Å². The largest absolute Gasteiger partial charge is 0.328 e. The van der Waals surface area contributed by atoms with Gasteiger partial charge in [-0.15, -0.1) is 0 Å². The molecule has 2 fully saturated rings. The van der Waals surface area contributed by atoms with Gasteiger partial charge in [-0.1, -0.05) is 0 Å². The molecule has 5 rings (SSSR count). The van der Waals surface area contributed by atoms with Crippen LogP contribution in [0, 0.1) is 5.92 Å². The number of fused-ring (bicyclic) bond motifs is 1. The predicted octanol–water partition coefficient (Wildman–Crippen LogP) is 4.66. The summed E-state index contributed by atoms with van der Waals surface area (Å²) in [6, 6.07) is 6.74. The molecule has 3 aromatic heterocycles. The number of hydrogen-bond donors (Lipinski definition) is 0. The number of aromatic nitrogens is 4. The third-order valence-corrected chi connectivity index (χ3v) is 6.29. The number of pyridine rings is 2. The highest BCUT2D eigenvalue weighted by molar-refractivity contribution is 5.90. The van der Waals surface area contributed by atoms with Crippen molar-refractivity contribution in [2.24, 2.45) is 5.92 Å². The summed E-state index contributed by atoms with van der Waals surface area (Å²) in [5.41, 5.74) is 5.42. The summed E-state index contributed by atoms with van der Waals surface area (Å²) < 4.78 is 2.27. The Hall–Kier alpha value is -2.27. The van der Waals surface area contributed by atoms with Crippen molar-refractivity contribution in [3.63, 3.8) is 0 Å². The van der Waals surface area contributed by atoms with Crippen LogP contribution in [0.2, 0.25) is 0 Å². The molecule has 4 heterocycles. The van der Waals surface area contributed by atoms with Crippen LogP contribution in [0.15, 0.2) is 36.9 Å². The second kappa shape index (κ2) is 7.28. The molecule has 0 unspecified atom stereocenters. The number of piperidine rings is 1. The van der Waals surface area contributed by atoms with Gasteiger partial charge in [0.2, 0.25) is 0 Å². The fourth-order valence-corrected chi connectivity index (χ4v) is 4.45. The van der Waals surface area contributed by atoms with E-state index in [0.717, 1.165) is 22.7 Å². The Labute approximate surface area is 166 Å². The van der Waals surface area contributed by atoms with Crippen molar-refractivity contribution in [1.82, 2.24) is 24.4 Å². The zero-order valence-corrected chi connectivity index (χ0v) is 16.9. The zero-order chi connectivity index (χ0) is 19.1. The molecule has 1 aliphatic heterocycles. The van der Waals surface area contributed by atoms with Crippen LogP contribution in [0.4, 0.5) is 0 Å². The quantitative estimate of drug-likeness (QED) is 0.650. The number of imidazole rings is 1. The number of hydrogen-bond acceptors (Lipinski definition) is 4. The van der Waals surface area contributed by atoms with E-state index < -0.39 is 0 Å². The summed E-state index contributed by atoms with van der Waals surface area (Å²) in [6.07, 6.45) is 10.9. The van der Waals surface area contributed by atoms with E-state index in [9.17, 15) is 0 Å². The SMILES string of the molecule is CC(C)n1cnc2c(-c3cccnc3)nc(C3CCN(CC4CC4)CC3)cc21. The van der Waals surface area contributed by atoms with Crippen LogP contribution in [-0.4, -0.2) is 44.1 Å². The smallest absolute Gasteiger partial charge is 0.115 e. The molecule has 5 nitrogen and oxygen atoms in total. The number of nitrogens with zero attached hydrogens (tertiary/aromatic N) is 5. The van der Waals surface area contributed by atoms with Gasteiger partial charge in [-0.25, -0.2) is 4.98 Å². The molecule has 0 atom stereocenters. The van der Waals surface area contributed by atoms with E-state index >= 15 is 0 Å². The summed E-state index contributed by atoms with van der Waals surface area (Å²) in [4.78, 5) is 16.8. The molecule has 1 saturated carbocycles. The first-order valence-corrected chi connectivity index (χ1v) is 10.7. The average Bonchev–Trinajstić information content (AvgIpc) is 3.43. The average molecular weight is 376 g/mol. The van der Waals surface area contributed by atoms with Gasteiger partial charge in [0.25, 0.3) is 0 Å². The minimum atomic E-state index is 0.377. The van der Waals surface area contributed by atoms with Gasteiger partial charge in [0.05, 0.1) is 17.5 Å². The van der Waals surface area contributed by atoms with Crippen LogP contribution in [0.5, 0.6) is 0 Å². The minimum Gasteiger partial charge on any atom is -0.328 e. The number of rotatable bonds is 5. The summed E-state index contributed by atoms with van der Waals surface area (Å²) in [6.45, 7) is 8.13. The van der Waals surface area contributed by atoms with Crippen molar-refractivity contribution in [2.75, 3.05) is 19.6 Å². The molecule has 5 heteroatoms. The lowest BCUT2D eigenvalue weighted by Gasteiger charge is -2.32. The molecule has 3 aromatic rings. The highest BCUT2D eigenvalue weighted by atomic mass is 15.1. The molecule has 146 valence electrons. The van der Waals surface area contributed by atoms with Gasteiger partial charge in [0, 0.05) is 42.2 Å². The monoisotopic (exact) mass is 375 g/mol. The van der Waals surface area contributed by atoms with E-state index in [1.807, 2.05) is 24.8 Å². The van der Waals surface area contributed by atoms with Gasteiger partial charge in [-0.2, -0.15) is 0 Å². The van der Waals surface area contributed by atoms with E-state index in [-0.39, 0.29) is 0 Å². The molecular weight excluding hydrogens is 346 g/mol. The molecule has 1 saturated heterocycles. The normalized spacial score (nSPS) is 19.0. The van der Waals surface area contributed by atoms with Gasteiger partial charge in [0.15, 0.2) is 0 Å². The van der Waals surface area contributed by atoms with Crippen molar-refractivity contribution in [3.8, 4) is 11.3 Å². The van der Waals surface area contributed by atoms with E-state index in [1.165, 1.54) is 56.5 Å². The Morgan fingerprint density at radius 3 is 2.64 bits per heavy atom. The van der Waals surface area contributed by atoms with Gasteiger partial charge < -0.3 is 9.47 Å². The van der Waals surface area contributed by atoms with Crippen LogP contribution in [0.1, 0.15) is 57.2 Å². The lowest BCUT2D eigenvalue weighted by molar-refractivity contribution is 0.203. The molecule has 0 N–H and O–H groups in total. The zero-order valence-electron chi connectivity index (χ0n) is 16.9. The van der Waals surface area contributed by atoms with Crippen molar-refractivity contribution in [1.29, 1.82) is 0 Å². The second-order valence-corrected chi connectivity index (χ2v) is 8.77. The van der Waals surface area contributed by atoms with Crippen molar-refractivity contribution in [3.05, 3.63) is 42.6 Å². The maximum atomic E-state index is 5.13. The Morgan fingerprint density at radius 2 is 1.96 bits per heavy atom. The number of likely N-dealkylation sites (tertiary alicyclic amines) is 1. The van der Waals surface area contributed by atoms with Gasteiger partial charge in [0.1, 0.15) is 5.52 Å². The minimum absolute atomic E-state index is 0.377. The first-order chi connectivity index (χ1) is 13.7. The van der Waals surface area contributed by atoms with Crippen molar-refractivity contribution >= 4 is 11.0 Å². The molecule has 0 amide bonds. The summed E-state index contributed by atoms with van der Waals surface area (Å²) in [5, 5.41) is 0. The fourth-order valence-electron chi connectivity index (χ4n) is 4.45. The van der Waals surface area contributed by atoms with Gasteiger partial charge >= 0.3 is 0 Å². The molecule has 0 aromatic carbocycles. The van der Waals surface area contributed by atoms with Crippen LogP contribution < -0.4 is 0 Å². The fraction of sp³-hybridized carbons (Fsp3) is 0.522. The topological polar surface area (TPSA) is 46.8 Å². The highest BCUT2D eigenvalue weighted by Gasteiger charge is 2.28. The van der Waals surface area contributed by atoms with Crippen molar-refractivity contribution < 1.29 is 0 Å². The lowest BCUT2D eigenvalue weighted by Crippen LogP contribution is -2.34. The molecule has 1 aliphatic carbocycles. The Bertz CT molecular complexity index is 950. The molecule has 0 radical (unpaired) electrons. The Kier molecular flexibility index (Phi) is 4.63. The second-order valence-electron chi connectivity index (χ2n) is 8.77.